The van der Waals surface area contributed by atoms with Gasteiger partial charge in [-0.3, -0.25) is 0 Å². The average molecular weight is 173 g/mol. The first-order chi connectivity index (χ1) is 6.21. The van der Waals surface area contributed by atoms with Crippen LogP contribution in [0, 0.1) is 13.8 Å². The van der Waals surface area contributed by atoms with Crippen molar-refractivity contribution in [2.75, 3.05) is 0 Å². The van der Waals surface area contributed by atoms with Gasteiger partial charge in [0.1, 0.15) is 0 Å². The predicted molar refractivity (Wildman–Crippen MR) is 47.9 cm³/mol. The van der Waals surface area contributed by atoms with E-state index in [1.807, 2.05) is 31.2 Å². The quantitative estimate of drug-likeness (QED) is 0.627. The molecule has 0 amide bonds. The lowest BCUT2D eigenvalue weighted by Gasteiger charge is -2.13. The molecule has 0 unspecified atom stereocenters. The maximum atomic E-state index is 3.85. The first-order valence-electron chi connectivity index (χ1n) is 3.97. The van der Waals surface area contributed by atoms with Crippen molar-refractivity contribution in [2.45, 2.75) is 12.6 Å². The van der Waals surface area contributed by atoms with Gasteiger partial charge < -0.3 is 0 Å². The van der Waals surface area contributed by atoms with Gasteiger partial charge >= 0.3 is 0 Å². The van der Waals surface area contributed by atoms with Gasteiger partial charge in [0, 0.05) is 12.5 Å². The summed E-state index contributed by atoms with van der Waals surface area (Å²) in [5.74, 6) is 0. The number of hydrogen-bond donors (Lipinski definition) is 0. The molecule has 1 radical (unpaired) electrons. The normalized spacial score (nSPS) is 18.0. The van der Waals surface area contributed by atoms with Crippen molar-refractivity contribution in [2.24, 2.45) is 20.7 Å². The Balaban J connectivity index is 2.41. The molecule has 1 aliphatic heterocycles. The van der Waals surface area contributed by atoms with Crippen molar-refractivity contribution < 1.29 is 0 Å². The lowest BCUT2D eigenvalue weighted by atomic mass is 10.0. The molecule has 0 spiro atoms. The first kappa shape index (κ1) is 8.04. The van der Waals surface area contributed by atoms with E-state index in [9.17, 15) is 0 Å². The minimum Gasteiger partial charge on any atom is -0.130 e. The maximum absolute atomic E-state index is 3.85. The molecule has 1 aromatic rings. The van der Waals surface area contributed by atoms with Crippen molar-refractivity contribution >= 4 is 0 Å². The van der Waals surface area contributed by atoms with Gasteiger partial charge in [-0.25, -0.2) is 0 Å². The fourth-order valence-electron chi connectivity index (χ4n) is 1.14. The minimum absolute atomic E-state index is 0.853. The van der Waals surface area contributed by atoms with Crippen LogP contribution in [0.4, 0.5) is 0 Å². The molecule has 13 heavy (non-hydrogen) atoms. The Hall–Kier alpha value is -1.58. The van der Waals surface area contributed by atoms with Crippen LogP contribution in [-0.4, -0.2) is 0 Å². The third kappa shape index (κ3) is 1.35. The molecule has 4 nitrogen and oxygen atoms in total. The summed E-state index contributed by atoms with van der Waals surface area (Å²) >= 11 is 0. The molecular formula is C9H9N4. The van der Waals surface area contributed by atoms with Crippen molar-refractivity contribution in [3.05, 3.63) is 42.3 Å². The molecule has 0 aromatic heterocycles. The maximum Gasteiger partial charge on any atom is 0.220 e. The van der Waals surface area contributed by atoms with E-state index in [2.05, 4.69) is 27.6 Å². The molecule has 0 atom stereocenters. The van der Waals surface area contributed by atoms with Gasteiger partial charge in [0.25, 0.3) is 0 Å². The van der Waals surface area contributed by atoms with Crippen LogP contribution >= 0.6 is 0 Å². The Morgan fingerprint density at radius 3 is 2.15 bits per heavy atom. The van der Waals surface area contributed by atoms with Crippen molar-refractivity contribution in [1.29, 1.82) is 0 Å². The van der Waals surface area contributed by atoms with Crippen molar-refractivity contribution in [3.8, 4) is 0 Å². The standard InChI is InChI=1S/C9H9N4/c1-7-3-5-8(6-4-7)9(2)10-12-13-11-9/h3-6H,2H2,1H3. The van der Waals surface area contributed by atoms with Gasteiger partial charge in [-0.15, -0.1) is 10.2 Å². The molecule has 0 saturated heterocycles. The zero-order valence-electron chi connectivity index (χ0n) is 7.31. The van der Waals surface area contributed by atoms with Gasteiger partial charge in [0.2, 0.25) is 5.66 Å². The van der Waals surface area contributed by atoms with Crippen LogP contribution in [0.3, 0.4) is 0 Å². The topological polar surface area (TPSA) is 49.4 Å². The first-order valence-corrected chi connectivity index (χ1v) is 3.97. The van der Waals surface area contributed by atoms with E-state index in [0.717, 1.165) is 5.56 Å². The monoisotopic (exact) mass is 173 g/mol. The summed E-state index contributed by atoms with van der Waals surface area (Å²) in [5.41, 5.74) is 1.25. The Morgan fingerprint density at radius 2 is 1.62 bits per heavy atom. The molecule has 0 aliphatic carbocycles. The molecular weight excluding hydrogens is 164 g/mol. The average Bonchev–Trinajstić information content (AvgIpc) is 2.54. The second kappa shape index (κ2) is 2.73. The molecule has 0 fully saturated rings. The van der Waals surface area contributed by atoms with E-state index in [1.165, 1.54) is 5.56 Å². The molecule has 65 valence electrons. The second-order valence-electron chi connectivity index (χ2n) is 3.06. The third-order valence-corrected chi connectivity index (χ3v) is 1.97. The Labute approximate surface area is 76.4 Å². The zero-order chi connectivity index (χ0) is 9.31. The highest BCUT2D eigenvalue weighted by Crippen LogP contribution is 2.30. The summed E-state index contributed by atoms with van der Waals surface area (Å²) in [6.45, 7) is 5.87. The predicted octanol–water partition coefficient (Wildman–Crippen LogP) is 2.81. The van der Waals surface area contributed by atoms with Crippen molar-refractivity contribution in [3.63, 3.8) is 0 Å². The molecule has 1 aromatic carbocycles. The molecule has 2 rings (SSSR count). The van der Waals surface area contributed by atoms with Crippen LogP contribution in [0.2, 0.25) is 0 Å². The van der Waals surface area contributed by atoms with E-state index in [-0.39, 0.29) is 0 Å². The van der Waals surface area contributed by atoms with Crippen LogP contribution in [-0.2, 0) is 5.66 Å². The summed E-state index contributed by atoms with van der Waals surface area (Å²) in [4.78, 5) is 0. The van der Waals surface area contributed by atoms with Gasteiger partial charge in [0.05, 0.1) is 0 Å². The summed E-state index contributed by atoms with van der Waals surface area (Å²) in [7, 11) is 0. The minimum atomic E-state index is -0.853. The van der Waals surface area contributed by atoms with E-state index in [4.69, 9.17) is 0 Å². The van der Waals surface area contributed by atoms with E-state index >= 15 is 0 Å². The molecule has 0 bridgehead atoms. The Morgan fingerprint density at radius 1 is 1.08 bits per heavy atom. The van der Waals surface area contributed by atoms with Crippen LogP contribution in [0.5, 0.6) is 0 Å². The lowest BCUT2D eigenvalue weighted by Crippen LogP contribution is -2.12. The second-order valence-corrected chi connectivity index (χ2v) is 3.06. The van der Waals surface area contributed by atoms with E-state index < -0.39 is 5.66 Å². The highest BCUT2D eigenvalue weighted by atomic mass is 15.6. The molecule has 1 heterocycles. The Bertz CT molecular complexity index is 352. The summed E-state index contributed by atoms with van der Waals surface area (Å²) in [6, 6.07) is 7.86. The van der Waals surface area contributed by atoms with Crippen LogP contribution in [0.25, 0.3) is 0 Å². The molecule has 0 saturated carbocycles. The van der Waals surface area contributed by atoms with E-state index in [1.54, 1.807) is 0 Å². The highest BCUT2D eigenvalue weighted by molar-refractivity contribution is 5.28. The Kier molecular flexibility index (Phi) is 1.69. The number of aryl methyl sites for hydroxylation is 1. The van der Waals surface area contributed by atoms with Crippen LogP contribution < -0.4 is 0 Å². The molecule has 0 N–H and O–H groups in total. The zero-order valence-corrected chi connectivity index (χ0v) is 7.31. The number of benzene rings is 1. The van der Waals surface area contributed by atoms with Gasteiger partial charge in [0.15, 0.2) is 0 Å². The van der Waals surface area contributed by atoms with Gasteiger partial charge in [-0.1, -0.05) is 29.8 Å². The lowest BCUT2D eigenvalue weighted by molar-refractivity contribution is 0.584. The SMILES string of the molecule is [CH2]C1(c2ccc(C)cc2)N=NN=N1. The molecule has 4 heteroatoms. The fraction of sp³-hybridized carbons (Fsp3) is 0.222. The largest absolute Gasteiger partial charge is 0.220 e. The summed E-state index contributed by atoms with van der Waals surface area (Å²) in [6.07, 6.45) is 0. The van der Waals surface area contributed by atoms with Gasteiger partial charge in [-0.2, -0.15) is 0 Å². The highest BCUT2D eigenvalue weighted by Gasteiger charge is 2.28. The summed E-state index contributed by atoms with van der Waals surface area (Å²) in [5, 5.41) is 14.6. The molecule has 1 aliphatic rings. The fourth-order valence-corrected chi connectivity index (χ4v) is 1.14. The number of hydrogen-bond acceptors (Lipinski definition) is 4. The van der Waals surface area contributed by atoms with Crippen LogP contribution in [0.1, 0.15) is 11.1 Å². The third-order valence-electron chi connectivity index (χ3n) is 1.97. The number of nitrogens with zero attached hydrogens (tertiary/aromatic N) is 4. The van der Waals surface area contributed by atoms with Crippen LogP contribution in [0.15, 0.2) is 44.9 Å². The van der Waals surface area contributed by atoms with E-state index in [0.29, 0.717) is 0 Å². The van der Waals surface area contributed by atoms with Gasteiger partial charge in [-0.05, 0) is 17.4 Å². The smallest absolute Gasteiger partial charge is 0.130 e. The van der Waals surface area contributed by atoms with Crippen molar-refractivity contribution in [1.82, 2.24) is 0 Å². The summed E-state index contributed by atoms with van der Waals surface area (Å²) < 4.78 is 0. The number of rotatable bonds is 1.